The molecule has 1 saturated carbocycles. The maximum Gasteiger partial charge on any atom is 0.0624 e. The molecule has 14 heavy (non-hydrogen) atoms. The summed E-state index contributed by atoms with van der Waals surface area (Å²) in [4.78, 5) is 0. The molecular weight excluding hydrogens is 174 g/mol. The van der Waals surface area contributed by atoms with Gasteiger partial charge in [-0.05, 0) is 33.1 Å². The number of hydrogen-bond acceptors (Lipinski definition) is 2. The summed E-state index contributed by atoms with van der Waals surface area (Å²) < 4.78 is 5.68. The van der Waals surface area contributed by atoms with Crippen molar-refractivity contribution in [1.82, 2.24) is 0 Å². The molecule has 0 amide bonds. The average Bonchev–Trinajstić information content (AvgIpc) is 2.52. The Morgan fingerprint density at radius 3 is 2.36 bits per heavy atom. The van der Waals surface area contributed by atoms with Crippen molar-refractivity contribution in [2.24, 2.45) is 11.7 Å². The van der Waals surface area contributed by atoms with E-state index in [-0.39, 0.29) is 11.6 Å². The molecule has 0 radical (unpaired) electrons. The minimum atomic E-state index is -0.0483. The second-order valence-electron chi connectivity index (χ2n) is 5.57. The Balaban J connectivity index is 2.12. The van der Waals surface area contributed by atoms with E-state index in [0.717, 1.165) is 12.3 Å². The lowest BCUT2D eigenvalue weighted by Gasteiger charge is -2.23. The minimum absolute atomic E-state index is 0.0483. The van der Waals surface area contributed by atoms with E-state index in [0.29, 0.717) is 6.61 Å². The quantitative estimate of drug-likeness (QED) is 0.755. The smallest absolute Gasteiger partial charge is 0.0624 e. The first-order valence-corrected chi connectivity index (χ1v) is 5.87. The van der Waals surface area contributed by atoms with Crippen LogP contribution in [0.15, 0.2) is 0 Å². The molecule has 0 spiro atoms. The second kappa shape index (κ2) is 5.13. The van der Waals surface area contributed by atoms with Crippen molar-refractivity contribution in [3.8, 4) is 0 Å². The molecule has 0 aromatic carbocycles. The van der Waals surface area contributed by atoms with Crippen molar-refractivity contribution < 1.29 is 4.74 Å². The van der Waals surface area contributed by atoms with E-state index in [2.05, 4.69) is 20.8 Å². The van der Waals surface area contributed by atoms with Crippen LogP contribution in [-0.4, -0.2) is 18.2 Å². The van der Waals surface area contributed by atoms with Crippen LogP contribution in [0, 0.1) is 5.92 Å². The van der Waals surface area contributed by atoms with Crippen LogP contribution in [0.4, 0.5) is 0 Å². The molecular formula is C12H25NO. The van der Waals surface area contributed by atoms with Crippen molar-refractivity contribution in [2.75, 3.05) is 6.61 Å². The largest absolute Gasteiger partial charge is 0.374 e. The Morgan fingerprint density at radius 2 is 1.86 bits per heavy atom. The molecule has 1 rings (SSSR count). The maximum atomic E-state index is 6.04. The van der Waals surface area contributed by atoms with E-state index in [1.807, 2.05) is 0 Å². The van der Waals surface area contributed by atoms with Crippen LogP contribution in [0.2, 0.25) is 0 Å². The third-order valence-corrected chi connectivity index (χ3v) is 2.84. The van der Waals surface area contributed by atoms with Crippen molar-refractivity contribution in [1.29, 1.82) is 0 Å². The van der Waals surface area contributed by atoms with E-state index in [9.17, 15) is 0 Å². The highest BCUT2D eigenvalue weighted by molar-refractivity contribution is 4.74. The molecule has 0 saturated heterocycles. The van der Waals surface area contributed by atoms with E-state index in [1.54, 1.807) is 0 Å². The summed E-state index contributed by atoms with van der Waals surface area (Å²) in [5, 5.41) is 0. The number of rotatable bonds is 4. The molecule has 2 nitrogen and oxygen atoms in total. The summed E-state index contributed by atoms with van der Waals surface area (Å²) in [5.74, 6) is 0.869. The normalized spacial score (nSPS) is 21.4. The minimum Gasteiger partial charge on any atom is -0.374 e. The zero-order valence-electron chi connectivity index (χ0n) is 9.88. The molecule has 0 aromatic heterocycles. The molecule has 1 atom stereocenters. The SMILES string of the molecule is CC(C)(C)OCC(N)CC1CCCC1. The fourth-order valence-corrected chi connectivity index (χ4v) is 2.10. The Labute approximate surface area is 88.2 Å². The van der Waals surface area contributed by atoms with Crippen molar-refractivity contribution in [2.45, 2.75) is 64.5 Å². The maximum absolute atomic E-state index is 6.04. The van der Waals surface area contributed by atoms with Crippen LogP contribution in [0.25, 0.3) is 0 Å². The summed E-state index contributed by atoms with van der Waals surface area (Å²) in [5.41, 5.74) is 5.99. The van der Waals surface area contributed by atoms with Crippen LogP contribution < -0.4 is 5.73 Å². The van der Waals surface area contributed by atoms with E-state index in [4.69, 9.17) is 10.5 Å². The molecule has 84 valence electrons. The third kappa shape index (κ3) is 4.97. The first-order valence-electron chi connectivity index (χ1n) is 5.87. The van der Waals surface area contributed by atoms with Crippen LogP contribution in [0.3, 0.4) is 0 Å². The van der Waals surface area contributed by atoms with Crippen molar-refractivity contribution in [3.05, 3.63) is 0 Å². The molecule has 0 aromatic rings. The Bertz CT molecular complexity index is 156. The third-order valence-electron chi connectivity index (χ3n) is 2.84. The van der Waals surface area contributed by atoms with Gasteiger partial charge in [0.05, 0.1) is 12.2 Å². The van der Waals surface area contributed by atoms with Gasteiger partial charge in [-0.3, -0.25) is 0 Å². The summed E-state index contributed by atoms with van der Waals surface area (Å²) >= 11 is 0. The predicted molar refractivity (Wildman–Crippen MR) is 60.3 cm³/mol. The highest BCUT2D eigenvalue weighted by atomic mass is 16.5. The zero-order valence-corrected chi connectivity index (χ0v) is 9.88. The van der Waals surface area contributed by atoms with Gasteiger partial charge in [0.2, 0.25) is 0 Å². The Hall–Kier alpha value is -0.0800. The second-order valence-corrected chi connectivity index (χ2v) is 5.57. The monoisotopic (exact) mass is 199 g/mol. The van der Waals surface area contributed by atoms with Gasteiger partial charge in [0.25, 0.3) is 0 Å². The van der Waals surface area contributed by atoms with Gasteiger partial charge in [-0.15, -0.1) is 0 Å². The van der Waals surface area contributed by atoms with Gasteiger partial charge in [-0.1, -0.05) is 25.7 Å². The highest BCUT2D eigenvalue weighted by Gasteiger charge is 2.19. The molecule has 1 aliphatic carbocycles. The first kappa shape index (κ1) is 12.0. The molecule has 0 bridgehead atoms. The fraction of sp³-hybridized carbons (Fsp3) is 1.00. The molecule has 2 N–H and O–H groups in total. The van der Waals surface area contributed by atoms with Gasteiger partial charge in [0.1, 0.15) is 0 Å². The lowest BCUT2D eigenvalue weighted by atomic mass is 9.99. The fourth-order valence-electron chi connectivity index (χ4n) is 2.10. The topological polar surface area (TPSA) is 35.2 Å². The van der Waals surface area contributed by atoms with E-state index >= 15 is 0 Å². The van der Waals surface area contributed by atoms with Gasteiger partial charge in [-0.2, -0.15) is 0 Å². The van der Waals surface area contributed by atoms with E-state index in [1.165, 1.54) is 25.7 Å². The summed E-state index contributed by atoms with van der Waals surface area (Å²) in [7, 11) is 0. The number of ether oxygens (including phenoxy) is 1. The van der Waals surface area contributed by atoms with Crippen LogP contribution in [0.1, 0.15) is 52.9 Å². The van der Waals surface area contributed by atoms with Gasteiger partial charge >= 0.3 is 0 Å². The number of nitrogens with two attached hydrogens (primary N) is 1. The first-order chi connectivity index (χ1) is 6.47. The standard InChI is InChI=1S/C12H25NO/c1-12(2,3)14-9-11(13)8-10-6-4-5-7-10/h10-11H,4-9,13H2,1-3H3. The van der Waals surface area contributed by atoms with Gasteiger partial charge in [0.15, 0.2) is 0 Å². The average molecular weight is 199 g/mol. The van der Waals surface area contributed by atoms with Crippen LogP contribution in [-0.2, 0) is 4.74 Å². The summed E-state index contributed by atoms with van der Waals surface area (Å²) in [6.07, 6.45) is 6.71. The Kier molecular flexibility index (Phi) is 4.39. The summed E-state index contributed by atoms with van der Waals surface area (Å²) in [6, 6.07) is 0.234. The van der Waals surface area contributed by atoms with Gasteiger partial charge in [0, 0.05) is 6.04 Å². The van der Waals surface area contributed by atoms with Crippen molar-refractivity contribution in [3.63, 3.8) is 0 Å². The highest BCUT2D eigenvalue weighted by Crippen LogP contribution is 2.28. The van der Waals surface area contributed by atoms with Gasteiger partial charge < -0.3 is 10.5 Å². The zero-order chi connectivity index (χ0) is 10.6. The molecule has 1 unspecified atom stereocenters. The molecule has 2 heteroatoms. The molecule has 1 aliphatic rings. The van der Waals surface area contributed by atoms with Crippen molar-refractivity contribution >= 4 is 0 Å². The predicted octanol–water partition coefficient (Wildman–Crippen LogP) is 2.71. The van der Waals surface area contributed by atoms with E-state index < -0.39 is 0 Å². The summed E-state index contributed by atoms with van der Waals surface area (Å²) in [6.45, 7) is 6.94. The van der Waals surface area contributed by atoms with Crippen LogP contribution in [0.5, 0.6) is 0 Å². The number of hydrogen-bond donors (Lipinski definition) is 1. The lowest BCUT2D eigenvalue weighted by Crippen LogP contribution is -2.33. The lowest BCUT2D eigenvalue weighted by molar-refractivity contribution is -0.0123. The van der Waals surface area contributed by atoms with Crippen LogP contribution >= 0.6 is 0 Å². The molecule has 0 heterocycles. The Morgan fingerprint density at radius 1 is 1.29 bits per heavy atom. The van der Waals surface area contributed by atoms with Gasteiger partial charge in [-0.25, -0.2) is 0 Å². The molecule has 1 fully saturated rings. The molecule has 0 aliphatic heterocycles.